The third kappa shape index (κ3) is 4.03. The van der Waals surface area contributed by atoms with E-state index in [0.717, 1.165) is 40.5 Å². The summed E-state index contributed by atoms with van der Waals surface area (Å²) in [5, 5.41) is 0.790. The van der Waals surface area contributed by atoms with Gasteiger partial charge in [0.15, 0.2) is 5.17 Å². The molecule has 5 heteroatoms. The fourth-order valence-corrected chi connectivity index (χ4v) is 3.81. The molecule has 0 N–H and O–H groups in total. The predicted octanol–water partition coefficient (Wildman–Crippen LogP) is 4.98. The van der Waals surface area contributed by atoms with E-state index in [9.17, 15) is 4.79 Å². The van der Waals surface area contributed by atoms with Gasteiger partial charge in [-0.1, -0.05) is 52.0 Å². The first-order valence-corrected chi connectivity index (χ1v) is 9.36. The zero-order valence-corrected chi connectivity index (χ0v) is 15.0. The van der Waals surface area contributed by atoms with E-state index in [4.69, 9.17) is 0 Å². The van der Waals surface area contributed by atoms with Gasteiger partial charge >= 0.3 is 0 Å². The number of rotatable bonds is 2. The van der Waals surface area contributed by atoms with Crippen LogP contribution in [0.3, 0.4) is 0 Å². The van der Waals surface area contributed by atoms with Crippen LogP contribution in [0, 0.1) is 0 Å². The second kappa shape index (κ2) is 7.79. The molecule has 0 saturated carbocycles. The highest BCUT2D eigenvalue weighted by Crippen LogP contribution is 2.25. The quantitative estimate of drug-likeness (QED) is 0.726. The van der Waals surface area contributed by atoms with Gasteiger partial charge in [-0.25, -0.2) is 0 Å². The Morgan fingerprint density at radius 1 is 1.09 bits per heavy atom. The first-order valence-electron chi connectivity index (χ1n) is 7.58. The summed E-state index contributed by atoms with van der Waals surface area (Å²) in [6.07, 6.45) is 2.20. The Labute approximate surface area is 148 Å². The molecule has 2 aromatic rings. The van der Waals surface area contributed by atoms with E-state index >= 15 is 0 Å². The Kier molecular flexibility index (Phi) is 5.51. The van der Waals surface area contributed by atoms with Crippen LogP contribution in [0.25, 0.3) is 0 Å². The lowest BCUT2D eigenvalue weighted by Gasteiger charge is -2.23. The summed E-state index contributed by atoms with van der Waals surface area (Å²) in [7, 11) is 0. The summed E-state index contributed by atoms with van der Waals surface area (Å²) < 4.78 is 0.895. The minimum absolute atomic E-state index is 0.0503. The van der Waals surface area contributed by atoms with E-state index in [1.54, 1.807) is 16.7 Å². The minimum atomic E-state index is -0.0503. The summed E-state index contributed by atoms with van der Waals surface area (Å²) in [4.78, 5) is 19.5. The van der Waals surface area contributed by atoms with Gasteiger partial charge in [0, 0.05) is 22.3 Å². The van der Waals surface area contributed by atoms with Crippen molar-refractivity contribution in [2.24, 2.45) is 4.99 Å². The zero-order chi connectivity index (χ0) is 16.1. The van der Waals surface area contributed by atoms with E-state index in [0.29, 0.717) is 5.56 Å². The highest BCUT2D eigenvalue weighted by molar-refractivity contribution is 9.10. The van der Waals surface area contributed by atoms with Gasteiger partial charge in [0.1, 0.15) is 0 Å². The van der Waals surface area contributed by atoms with Gasteiger partial charge in [-0.3, -0.25) is 14.7 Å². The number of carbonyl (C=O) groups excluding carboxylic acids is 1. The maximum Gasteiger partial charge on any atom is 0.264 e. The Morgan fingerprint density at radius 2 is 1.91 bits per heavy atom. The van der Waals surface area contributed by atoms with E-state index in [1.165, 1.54) is 0 Å². The van der Waals surface area contributed by atoms with Crippen molar-refractivity contribution in [2.45, 2.75) is 12.8 Å². The van der Waals surface area contributed by atoms with Crippen LogP contribution in [-0.2, 0) is 0 Å². The number of carbonyl (C=O) groups is 1. The van der Waals surface area contributed by atoms with Crippen LogP contribution in [0.2, 0.25) is 0 Å². The molecule has 118 valence electrons. The van der Waals surface area contributed by atoms with E-state index < -0.39 is 0 Å². The lowest BCUT2D eigenvalue weighted by atomic mass is 10.2. The first kappa shape index (κ1) is 16.3. The van der Waals surface area contributed by atoms with Crippen molar-refractivity contribution in [1.82, 2.24) is 0 Å². The number of para-hydroxylation sites is 1. The minimum Gasteiger partial charge on any atom is -0.268 e. The van der Waals surface area contributed by atoms with Crippen LogP contribution in [0.4, 0.5) is 5.69 Å². The second-order valence-corrected chi connectivity index (χ2v) is 7.18. The summed E-state index contributed by atoms with van der Waals surface area (Å²) in [6.45, 7) is 0.775. The van der Waals surface area contributed by atoms with Crippen LogP contribution < -0.4 is 4.90 Å². The number of thioether (sulfide) groups is 1. The Hall–Kier alpha value is -1.59. The van der Waals surface area contributed by atoms with Crippen molar-refractivity contribution in [3.05, 3.63) is 64.6 Å². The topological polar surface area (TPSA) is 32.7 Å². The third-order valence-electron chi connectivity index (χ3n) is 3.51. The molecule has 23 heavy (non-hydrogen) atoms. The molecule has 1 heterocycles. The fourth-order valence-electron chi connectivity index (χ4n) is 2.38. The lowest BCUT2D eigenvalue weighted by molar-refractivity contribution is 0.100. The number of halogens is 1. The van der Waals surface area contributed by atoms with Crippen LogP contribution in [-0.4, -0.2) is 23.4 Å². The molecule has 2 aromatic carbocycles. The van der Waals surface area contributed by atoms with Gasteiger partial charge in [0.2, 0.25) is 0 Å². The number of aliphatic imine (C=N–C) groups is 1. The van der Waals surface area contributed by atoms with Gasteiger partial charge in [0.05, 0.1) is 5.69 Å². The number of hydrogen-bond donors (Lipinski definition) is 0. The molecule has 0 bridgehead atoms. The van der Waals surface area contributed by atoms with Crippen LogP contribution in [0.15, 0.2) is 64.1 Å². The second-order valence-electron chi connectivity index (χ2n) is 5.21. The highest BCUT2D eigenvalue weighted by Gasteiger charge is 2.24. The van der Waals surface area contributed by atoms with Crippen molar-refractivity contribution in [3.8, 4) is 0 Å². The van der Waals surface area contributed by atoms with Crippen molar-refractivity contribution in [1.29, 1.82) is 0 Å². The van der Waals surface area contributed by atoms with Gasteiger partial charge < -0.3 is 0 Å². The molecular formula is C18H17BrN2OS. The number of amidine groups is 1. The largest absolute Gasteiger partial charge is 0.268 e. The average Bonchev–Trinajstić information content (AvgIpc) is 2.85. The summed E-state index contributed by atoms with van der Waals surface area (Å²) in [6, 6.07) is 17.2. The molecule has 1 aliphatic heterocycles. The van der Waals surface area contributed by atoms with Crippen molar-refractivity contribution < 1.29 is 4.79 Å². The first-order chi connectivity index (χ1) is 11.3. The van der Waals surface area contributed by atoms with Gasteiger partial charge in [0.25, 0.3) is 5.91 Å². The molecule has 0 radical (unpaired) electrons. The fraction of sp³-hybridized carbons (Fsp3) is 0.222. The molecule has 1 amide bonds. The number of benzene rings is 2. The van der Waals surface area contributed by atoms with E-state index in [1.807, 2.05) is 54.6 Å². The molecule has 0 spiro atoms. The standard InChI is InChI=1S/C18H17BrN2OS/c19-15-8-6-7-14(13-15)17(22)21(16-9-2-1-3-10-16)18-20-11-4-5-12-23-18/h1-3,6-10,13H,4-5,11-12H2. The lowest BCUT2D eigenvalue weighted by Crippen LogP contribution is -2.35. The van der Waals surface area contributed by atoms with E-state index in [-0.39, 0.29) is 5.91 Å². The number of anilines is 1. The molecule has 0 aliphatic carbocycles. The summed E-state index contributed by atoms with van der Waals surface area (Å²) in [5.74, 6) is 0.944. The summed E-state index contributed by atoms with van der Waals surface area (Å²) >= 11 is 5.10. The molecule has 0 atom stereocenters. The van der Waals surface area contributed by atoms with Crippen molar-refractivity contribution in [3.63, 3.8) is 0 Å². The average molecular weight is 389 g/mol. The molecule has 0 unspecified atom stereocenters. The number of nitrogens with zero attached hydrogens (tertiary/aromatic N) is 2. The molecule has 0 fully saturated rings. The normalized spacial score (nSPS) is 14.7. The SMILES string of the molecule is O=C(c1cccc(Br)c1)N(C1=NCCCCS1)c1ccccc1. The molecule has 3 nitrogen and oxygen atoms in total. The third-order valence-corrected chi connectivity index (χ3v) is 5.07. The maximum absolute atomic E-state index is 13.1. The van der Waals surface area contributed by atoms with Crippen molar-refractivity contribution in [2.75, 3.05) is 17.2 Å². The number of amides is 1. The van der Waals surface area contributed by atoms with Gasteiger partial charge in [-0.05, 0) is 43.2 Å². The Morgan fingerprint density at radius 3 is 2.70 bits per heavy atom. The Balaban J connectivity index is 2.01. The van der Waals surface area contributed by atoms with Gasteiger partial charge in [-0.15, -0.1) is 0 Å². The van der Waals surface area contributed by atoms with Crippen LogP contribution in [0.1, 0.15) is 23.2 Å². The maximum atomic E-state index is 13.1. The number of hydrogen-bond acceptors (Lipinski definition) is 3. The molecule has 1 aliphatic rings. The highest BCUT2D eigenvalue weighted by atomic mass is 79.9. The predicted molar refractivity (Wildman–Crippen MR) is 101 cm³/mol. The van der Waals surface area contributed by atoms with Crippen LogP contribution in [0.5, 0.6) is 0 Å². The zero-order valence-electron chi connectivity index (χ0n) is 12.6. The van der Waals surface area contributed by atoms with E-state index in [2.05, 4.69) is 20.9 Å². The molecular weight excluding hydrogens is 372 g/mol. The summed E-state index contributed by atoms with van der Waals surface area (Å²) in [5.41, 5.74) is 1.50. The van der Waals surface area contributed by atoms with Gasteiger partial charge in [-0.2, -0.15) is 0 Å². The Bertz CT molecular complexity index is 718. The monoisotopic (exact) mass is 388 g/mol. The molecule has 0 aromatic heterocycles. The molecule has 0 saturated heterocycles. The van der Waals surface area contributed by atoms with Crippen LogP contribution >= 0.6 is 27.7 Å². The van der Waals surface area contributed by atoms with Crippen molar-refractivity contribution >= 4 is 44.5 Å². The molecule has 3 rings (SSSR count). The smallest absolute Gasteiger partial charge is 0.264 e.